The van der Waals surface area contributed by atoms with Gasteiger partial charge in [-0.1, -0.05) is 24.3 Å². The highest BCUT2D eigenvalue weighted by atomic mass is 16.1. The van der Waals surface area contributed by atoms with E-state index in [2.05, 4.69) is 29.3 Å². The number of hydrogen-bond donors (Lipinski definition) is 0. The fraction of sp³-hybridized carbons (Fsp3) is 0.462. The van der Waals surface area contributed by atoms with Gasteiger partial charge in [-0.05, 0) is 42.7 Å². The monoisotopic (exact) mass is 201 g/mol. The Hall–Kier alpha value is -1.40. The van der Waals surface area contributed by atoms with Gasteiger partial charge in [0.15, 0.2) is 0 Å². The van der Waals surface area contributed by atoms with Crippen LogP contribution < -0.4 is 0 Å². The molecule has 1 aliphatic rings. The highest BCUT2D eigenvalue weighted by Gasteiger charge is 2.17. The quantitative estimate of drug-likeness (QED) is 0.545. The summed E-state index contributed by atoms with van der Waals surface area (Å²) in [5.41, 5.74) is 2.97. The van der Waals surface area contributed by atoms with Crippen LogP contribution in [0.25, 0.3) is 0 Å². The molecule has 1 aliphatic carbocycles. The summed E-state index contributed by atoms with van der Waals surface area (Å²) in [6.07, 6.45) is 6.16. The maximum Gasteiger partial charge on any atom is 0.234 e. The van der Waals surface area contributed by atoms with Gasteiger partial charge in [0, 0.05) is 0 Å². The molecule has 0 heterocycles. The molecular formula is C13H15NO. The van der Waals surface area contributed by atoms with E-state index < -0.39 is 0 Å². The lowest BCUT2D eigenvalue weighted by molar-refractivity contribution is 0.432. The van der Waals surface area contributed by atoms with E-state index in [0.717, 1.165) is 12.8 Å². The second-order valence-corrected chi connectivity index (χ2v) is 4.14. The minimum atomic E-state index is 0.635. The summed E-state index contributed by atoms with van der Waals surface area (Å²) < 4.78 is 0. The highest BCUT2D eigenvalue weighted by molar-refractivity contribution is 5.33. The van der Waals surface area contributed by atoms with Crippen LogP contribution in [-0.4, -0.2) is 12.6 Å². The molecule has 0 saturated heterocycles. The van der Waals surface area contributed by atoms with Gasteiger partial charge in [-0.2, -0.15) is 0 Å². The number of fused-ring (bicyclic) bond motifs is 1. The van der Waals surface area contributed by atoms with Gasteiger partial charge in [-0.3, -0.25) is 0 Å². The standard InChI is InChI=1S/C13H15NO/c15-10-14-8-7-11-5-6-12-3-1-2-4-13(12)9-11/h1-4,11H,5-9H2. The summed E-state index contributed by atoms with van der Waals surface area (Å²) in [4.78, 5) is 13.6. The van der Waals surface area contributed by atoms with Gasteiger partial charge in [0.2, 0.25) is 6.08 Å². The smallest absolute Gasteiger partial charge is 0.211 e. The predicted octanol–water partition coefficient (Wildman–Crippen LogP) is 2.52. The van der Waals surface area contributed by atoms with Crippen LogP contribution in [-0.2, 0) is 17.6 Å². The molecule has 15 heavy (non-hydrogen) atoms. The third-order valence-electron chi connectivity index (χ3n) is 3.16. The van der Waals surface area contributed by atoms with Crippen molar-refractivity contribution in [3.05, 3.63) is 35.4 Å². The molecule has 0 fully saturated rings. The van der Waals surface area contributed by atoms with E-state index in [-0.39, 0.29) is 0 Å². The van der Waals surface area contributed by atoms with E-state index in [0.29, 0.717) is 12.5 Å². The topological polar surface area (TPSA) is 29.4 Å². The Balaban J connectivity index is 1.96. The molecule has 0 saturated carbocycles. The zero-order chi connectivity index (χ0) is 10.5. The Labute approximate surface area is 90.0 Å². The molecule has 0 aromatic heterocycles. The third-order valence-corrected chi connectivity index (χ3v) is 3.16. The Kier molecular flexibility index (Phi) is 3.31. The van der Waals surface area contributed by atoms with Crippen molar-refractivity contribution in [2.45, 2.75) is 25.7 Å². The van der Waals surface area contributed by atoms with Gasteiger partial charge in [0.1, 0.15) is 0 Å². The molecule has 1 aromatic carbocycles. The number of hydrogen-bond acceptors (Lipinski definition) is 2. The van der Waals surface area contributed by atoms with Crippen LogP contribution >= 0.6 is 0 Å². The van der Waals surface area contributed by atoms with Crippen molar-refractivity contribution < 1.29 is 4.79 Å². The average molecular weight is 201 g/mol. The van der Waals surface area contributed by atoms with Gasteiger partial charge in [-0.25, -0.2) is 9.79 Å². The van der Waals surface area contributed by atoms with Crippen LogP contribution in [0.2, 0.25) is 0 Å². The minimum Gasteiger partial charge on any atom is -0.211 e. The summed E-state index contributed by atoms with van der Waals surface area (Å²) >= 11 is 0. The summed E-state index contributed by atoms with van der Waals surface area (Å²) in [5.74, 6) is 0.692. The molecule has 1 aromatic rings. The summed E-state index contributed by atoms with van der Waals surface area (Å²) in [6.45, 7) is 0.635. The van der Waals surface area contributed by atoms with E-state index in [1.54, 1.807) is 6.08 Å². The molecule has 2 heteroatoms. The van der Waals surface area contributed by atoms with Crippen molar-refractivity contribution in [1.29, 1.82) is 0 Å². The normalized spacial score (nSPS) is 19.1. The highest BCUT2D eigenvalue weighted by Crippen LogP contribution is 2.27. The number of benzene rings is 1. The van der Waals surface area contributed by atoms with Crippen molar-refractivity contribution >= 4 is 6.08 Å². The molecule has 1 atom stereocenters. The summed E-state index contributed by atoms with van der Waals surface area (Å²) in [7, 11) is 0. The first-order valence-corrected chi connectivity index (χ1v) is 5.50. The number of isocyanates is 1. The van der Waals surface area contributed by atoms with Crippen molar-refractivity contribution in [3.63, 3.8) is 0 Å². The largest absolute Gasteiger partial charge is 0.234 e. The number of rotatable bonds is 3. The first-order chi connectivity index (χ1) is 7.40. The molecule has 0 N–H and O–H groups in total. The van der Waals surface area contributed by atoms with Crippen LogP contribution in [0.1, 0.15) is 24.0 Å². The zero-order valence-corrected chi connectivity index (χ0v) is 8.78. The van der Waals surface area contributed by atoms with Crippen molar-refractivity contribution in [1.82, 2.24) is 0 Å². The summed E-state index contributed by atoms with van der Waals surface area (Å²) in [6, 6.07) is 8.64. The number of carbonyl (C=O) groups excluding carboxylic acids is 1. The van der Waals surface area contributed by atoms with E-state index in [1.807, 2.05) is 0 Å². The van der Waals surface area contributed by atoms with Crippen molar-refractivity contribution in [3.8, 4) is 0 Å². The van der Waals surface area contributed by atoms with Crippen LogP contribution in [0.15, 0.2) is 29.3 Å². The SMILES string of the molecule is O=C=NCCC1CCc2ccccc2C1. The van der Waals surface area contributed by atoms with Crippen LogP contribution in [0.3, 0.4) is 0 Å². The van der Waals surface area contributed by atoms with Gasteiger partial charge in [0.05, 0.1) is 6.54 Å². The zero-order valence-electron chi connectivity index (χ0n) is 8.78. The van der Waals surface area contributed by atoms with E-state index in [1.165, 1.54) is 24.0 Å². The average Bonchev–Trinajstić information content (AvgIpc) is 2.29. The molecule has 0 bridgehead atoms. The van der Waals surface area contributed by atoms with Gasteiger partial charge < -0.3 is 0 Å². The number of nitrogens with zero attached hydrogens (tertiary/aromatic N) is 1. The van der Waals surface area contributed by atoms with Crippen LogP contribution in [0.5, 0.6) is 0 Å². The third kappa shape index (κ3) is 2.54. The molecule has 0 radical (unpaired) electrons. The van der Waals surface area contributed by atoms with Gasteiger partial charge in [0.25, 0.3) is 0 Å². The molecule has 1 unspecified atom stereocenters. The maximum absolute atomic E-state index is 9.95. The second-order valence-electron chi connectivity index (χ2n) is 4.14. The van der Waals surface area contributed by atoms with Crippen LogP contribution in [0.4, 0.5) is 0 Å². The first kappa shape index (κ1) is 10.1. The Morgan fingerprint density at radius 2 is 2.13 bits per heavy atom. The molecule has 78 valence electrons. The Morgan fingerprint density at radius 3 is 2.93 bits per heavy atom. The lowest BCUT2D eigenvalue weighted by Crippen LogP contribution is -2.14. The lowest BCUT2D eigenvalue weighted by Gasteiger charge is -2.23. The van der Waals surface area contributed by atoms with E-state index in [9.17, 15) is 4.79 Å². The fourth-order valence-electron chi connectivity index (χ4n) is 2.31. The number of aryl methyl sites for hydroxylation is 1. The van der Waals surface area contributed by atoms with Gasteiger partial charge >= 0.3 is 0 Å². The molecule has 2 nitrogen and oxygen atoms in total. The predicted molar refractivity (Wildman–Crippen MR) is 59.6 cm³/mol. The summed E-state index contributed by atoms with van der Waals surface area (Å²) in [5, 5.41) is 0. The maximum atomic E-state index is 9.95. The molecule has 0 spiro atoms. The van der Waals surface area contributed by atoms with Crippen molar-refractivity contribution in [2.24, 2.45) is 10.9 Å². The van der Waals surface area contributed by atoms with E-state index >= 15 is 0 Å². The lowest BCUT2D eigenvalue weighted by atomic mass is 9.82. The molecule has 2 rings (SSSR count). The second kappa shape index (κ2) is 4.90. The minimum absolute atomic E-state index is 0.635. The molecular weight excluding hydrogens is 186 g/mol. The number of aliphatic imine (C=N–C) groups is 1. The van der Waals surface area contributed by atoms with Crippen LogP contribution in [0, 0.1) is 5.92 Å². The first-order valence-electron chi connectivity index (χ1n) is 5.50. The Bertz CT molecular complexity index is 380. The van der Waals surface area contributed by atoms with E-state index in [4.69, 9.17) is 0 Å². The fourth-order valence-corrected chi connectivity index (χ4v) is 2.31. The molecule has 0 amide bonds. The van der Waals surface area contributed by atoms with Crippen molar-refractivity contribution in [2.75, 3.05) is 6.54 Å². The Morgan fingerprint density at radius 1 is 1.33 bits per heavy atom. The van der Waals surface area contributed by atoms with Gasteiger partial charge in [-0.15, -0.1) is 0 Å². The molecule has 0 aliphatic heterocycles.